The quantitative estimate of drug-likeness (QED) is 0.876. The zero-order valence-corrected chi connectivity index (χ0v) is 14.8. The van der Waals surface area contributed by atoms with E-state index in [2.05, 4.69) is 5.32 Å². The molecular weight excluding hydrogens is 349 g/mol. The second-order valence-electron chi connectivity index (χ2n) is 5.70. The van der Waals surface area contributed by atoms with Gasteiger partial charge in [0.1, 0.15) is 6.10 Å². The molecule has 4 nitrogen and oxygen atoms in total. The van der Waals surface area contributed by atoms with Gasteiger partial charge in [-0.1, -0.05) is 41.4 Å². The lowest BCUT2D eigenvalue weighted by atomic mass is 10.1. The second kappa shape index (κ2) is 6.91. The molecule has 0 aliphatic carbocycles. The Morgan fingerprint density at radius 3 is 2.46 bits per heavy atom. The monoisotopic (exact) mass is 365 g/mol. The number of hydrogen-bond acceptors (Lipinski definition) is 3. The predicted molar refractivity (Wildman–Crippen MR) is 94.0 cm³/mol. The maximum Gasteiger partial charge on any atom is 0.265 e. The van der Waals surface area contributed by atoms with E-state index >= 15 is 0 Å². The fraction of sp³-hybridized carbons (Fsp3) is 0.278. The summed E-state index contributed by atoms with van der Waals surface area (Å²) in [5.74, 6) is 0.950. The van der Waals surface area contributed by atoms with Crippen LogP contribution in [-0.4, -0.2) is 18.1 Å². The molecule has 0 spiro atoms. The van der Waals surface area contributed by atoms with Gasteiger partial charge in [0.05, 0.1) is 6.04 Å². The molecule has 0 radical (unpaired) electrons. The average molecular weight is 366 g/mol. The third-order valence-corrected chi connectivity index (χ3v) is 4.45. The van der Waals surface area contributed by atoms with Gasteiger partial charge in [0.15, 0.2) is 11.5 Å². The topological polar surface area (TPSA) is 47.6 Å². The number of para-hydroxylation sites is 2. The molecule has 3 unspecified atom stereocenters. The summed E-state index contributed by atoms with van der Waals surface area (Å²) >= 11 is 12.1. The number of fused-ring (bicyclic) bond motifs is 1. The fourth-order valence-electron chi connectivity index (χ4n) is 2.63. The molecule has 0 saturated heterocycles. The van der Waals surface area contributed by atoms with Crippen molar-refractivity contribution < 1.29 is 14.3 Å². The molecule has 1 amide bonds. The van der Waals surface area contributed by atoms with Crippen molar-refractivity contribution in [3.63, 3.8) is 0 Å². The molecule has 1 aliphatic heterocycles. The minimum Gasteiger partial charge on any atom is -0.482 e. The third-order valence-electron chi connectivity index (χ3n) is 3.89. The van der Waals surface area contributed by atoms with Gasteiger partial charge < -0.3 is 14.8 Å². The first-order chi connectivity index (χ1) is 11.5. The Kier molecular flexibility index (Phi) is 4.88. The van der Waals surface area contributed by atoms with Crippen LogP contribution in [-0.2, 0) is 4.79 Å². The lowest BCUT2D eigenvalue weighted by Gasteiger charge is -2.31. The van der Waals surface area contributed by atoms with Crippen LogP contribution >= 0.6 is 23.2 Å². The van der Waals surface area contributed by atoms with Crippen molar-refractivity contribution in [2.75, 3.05) is 0 Å². The highest BCUT2D eigenvalue weighted by Crippen LogP contribution is 2.34. The molecule has 0 fully saturated rings. The van der Waals surface area contributed by atoms with Crippen molar-refractivity contribution in [1.82, 2.24) is 5.32 Å². The van der Waals surface area contributed by atoms with E-state index in [4.69, 9.17) is 32.7 Å². The zero-order chi connectivity index (χ0) is 17.3. The van der Waals surface area contributed by atoms with Crippen LogP contribution in [0.4, 0.5) is 0 Å². The van der Waals surface area contributed by atoms with Gasteiger partial charge in [-0.15, -0.1) is 0 Å². The van der Waals surface area contributed by atoms with E-state index in [1.54, 1.807) is 31.2 Å². The number of rotatable bonds is 3. The Morgan fingerprint density at radius 1 is 1.12 bits per heavy atom. The highest BCUT2D eigenvalue weighted by molar-refractivity contribution is 6.35. The minimum atomic E-state index is -0.728. The van der Waals surface area contributed by atoms with Crippen LogP contribution in [0.5, 0.6) is 11.5 Å². The van der Waals surface area contributed by atoms with Gasteiger partial charge in [-0.2, -0.15) is 0 Å². The standard InChI is InChI=1S/C18H17Cl2NO3/c1-10(13-8-7-12(19)9-14(13)20)21-18(22)17-11(2)23-15-5-3-4-6-16(15)24-17/h3-11,17H,1-2H3,(H,21,22). The average Bonchev–Trinajstić information content (AvgIpc) is 2.53. The van der Waals surface area contributed by atoms with Gasteiger partial charge in [0.25, 0.3) is 5.91 Å². The van der Waals surface area contributed by atoms with Gasteiger partial charge in [-0.25, -0.2) is 0 Å². The van der Waals surface area contributed by atoms with Crippen molar-refractivity contribution >= 4 is 29.1 Å². The summed E-state index contributed by atoms with van der Waals surface area (Å²) in [5.41, 5.74) is 0.791. The van der Waals surface area contributed by atoms with E-state index in [1.165, 1.54) is 0 Å². The summed E-state index contributed by atoms with van der Waals surface area (Å²) in [6.07, 6.45) is -1.12. The molecule has 0 bridgehead atoms. The fourth-order valence-corrected chi connectivity index (χ4v) is 3.20. The van der Waals surface area contributed by atoms with Crippen molar-refractivity contribution in [3.8, 4) is 11.5 Å². The number of hydrogen-bond donors (Lipinski definition) is 1. The summed E-state index contributed by atoms with van der Waals surface area (Å²) in [4.78, 5) is 12.6. The molecule has 1 N–H and O–H groups in total. The predicted octanol–water partition coefficient (Wildman–Crippen LogP) is 4.40. The lowest BCUT2D eigenvalue weighted by Crippen LogP contribution is -2.49. The largest absolute Gasteiger partial charge is 0.482 e. The number of amides is 1. The molecule has 3 atom stereocenters. The lowest BCUT2D eigenvalue weighted by molar-refractivity contribution is -0.134. The molecule has 1 aliphatic rings. The summed E-state index contributed by atoms with van der Waals surface area (Å²) < 4.78 is 11.6. The van der Waals surface area contributed by atoms with Crippen LogP contribution in [0.25, 0.3) is 0 Å². The molecule has 0 saturated carbocycles. The van der Waals surface area contributed by atoms with Gasteiger partial charge in [0.2, 0.25) is 6.10 Å². The van der Waals surface area contributed by atoms with Crippen LogP contribution < -0.4 is 14.8 Å². The Morgan fingerprint density at radius 2 is 1.79 bits per heavy atom. The number of carbonyl (C=O) groups excluding carboxylic acids is 1. The van der Waals surface area contributed by atoms with Crippen LogP contribution in [0.15, 0.2) is 42.5 Å². The van der Waals surface area contributed by atoms with E-state index in [0.717, 1.165) is 5.56 Å². The smallest absolute Gasteiger partial charge is 0.265 e. The highest BCUT2D eigenvalue weighted by atomic mass is 35.5. The van der Waals surface area contributed by atoms with Crippen LogP contribution in [0.3, 0.4) is 0 Å². The Labute approximate surface area is 150 Å². The maximum absolute atomic E-state index is 12.6. The Balaban J connectivity index is 1.73. The first-order valence-electron chi connectivity index (χ1n) is 7.63. The van der Waals surface area contributed by atoms with E-state index in [9.17, 15) is 4.79 Å². The van der Waals surface area contributed by atoms with Crippen molar-refractivity contribution in [1.29, 1.82) is 0 Å². The van der Waals surface area contributed by atoms with Gasteiger partial charge >= 0.3 is 0 Å². The maximum atomic E-state index is 12.6. The number of ether oxygens (including phenoxy) is 2. The molecule has 2 aromatic carbocycles. The van der Waals surface area contributed by atoms with Gasteiger partial charge in [-0.05, 0) is 43.7 Å². The number of carbonyl (C=O) groups is 1. The summed E-state index contributed by atoms with van der Waals surface area (Å²) in [6, 6.07) is 12.2. The highest BCUT2D eigenvalue weighted by Gasteiger charge is 2.34. The van der Waals surface area contributed by atoms with E-state index < -0.39 is 12.2 Å². The van der Waals surface area contributed by atoms with E-state index in [-0.39, 0.29) is 11.9 Å². The van der Waals surface area contributed by atoms with Crippen molar-refractivity contribution in [3.05, 3.63) is 58.1 Å². The number of halogens is 2. The summed E-state index contributed by atoms with van der Waals surface area (Å²) in [5, 5.41) is 3.98. The Bertz CT molecular complexity index is 766. The second-order valence-corrected chi connectivity index (χ2v) is 6.55. The zero-order valence-electron chi connectivity index (χ0n) is 13.3. The molecule has 3 rings (SSSR count). The van der Waals surface area contributed by atoms with Crippen molar-refractivity contribution in [2.45, 2.75) is 32.1 Å². The Hall–Kier alpha value is -1.91. The van der Waals surface area contributed by atoms with Crippen molar-refractivity contribution in [2.24, 2.45) is 0 Å². The van der Waals surface area contributed by atoms with Crippen LogP contribution in [0.1, 0.15) is 25.5 Å². The normalized spacial score (nSPS) is 20.3. The molecule has 6 heteroatoms. The summed E-state index contributed by atoms with van der Waals surface area (Å²) in [7, 11) is 0. The van der Waals surface area contributed by atoms with Gasteiger partial charge in [0, 0.05) is 10.0 Å². The molecule has 2 aromatic rings. The minimum absolute atomic E-state index is 0.254. The third kappa shape index (κ3) is 3.45. The first kappa shape index (κ1) is 16.9. The SMILES string of the molecule is CC(NC(=O)C1Oc2ccccc2OC1C)c1ccc(Cl)cc1Cl. The number of benzene rings is 2. The molecule has 24 heavy (non-hydrogen) atoms. The molecule has 126 valence electrons. The van der Waals surface area contributed by atoms with E-state index in [1.807, 2.05) is 25.1 Å². The molecule has 0 aromatic heterocycles. The number of nitrogens with one attached hydrogen (secondary N) is 1. The molecule has 1 heterocycles. The van der Waals surface area contributed by atoms with E-state index in [0.29, 0.717) is 21.5 Å². The van der Waals surface area contributed by atoms with Crippen LogP contribution in [0.2, 0.25) is 10.0 Å². The first-order valence-corrected chi connectivity index (χ1v) is 8.39. The van der Waals surface area contributed by atoms with Gasteiger partial charge in [-0.3, -0.25) is 4.79 Å². The summed E-state index contributed by atoms with van der Waals surface area (Å²) in [6.45, 7) is 3.66. The van der Waals surface area contributed by atoms with Crippen LogP contribution in [0, 0.1) is 0 Å². The molecular formula is C18H17Cl2NO3.